The average molecular weight is 311 g/mol. The Morgan fingerprint density at radius 1 is 0.905 bits per heavy atom. The van der Waals surface area contributed by atoms with Crippen molar-refractivity contribution in [1.29, 1.82) is 0 Å². The quantitative estimate of drug-likeness (QED) is 0.777. The molecule has 0 saturated heterocycles. The van der Waals surface area contributed by atoms with Crippen LogP contribution >= 0.6 is 0 Å². The minimum atomic E-state index is -4.99. The van der Waals surface area contributed by atoms with Crippen molar-refractivity contribution in [3.63, 3.8) is 0 Å². The number of alkyl halides is 6. The van der Waals surface area contributed by atoms with E-state index in [9.17, 15) is 31.1 Å². The van der Waals surface area contributed by atoms with E-state index in [4.69, 9.17) is 0 Å². The van der Waals surface area contributed by atoms with Crippen molar-refractivity contribution in [3.8, 4) is 0 Å². The molecule has 0 N–H and O–H groups in total. The molecule has 0 heterocycles. The molecule has 21 heavy (non-hydrogen) atoms. The third-order valence-electron chi connectivity index (χ3n) is 2.66. The van der Waals surface area contributed by atoms with Gasteiger partial charge in [0, 0.05) is 18.7 Å². The van der Waals surface area contributed by atoms with Gasteiger partial charge in [-0.3, -0.25) is 4.79 Å². The number of amides is 1. The lowest BCUT2D eigenvalue weighted by Crippen LogP contribution is -2.31. The van der Waals surface area contributed by atoms with Gasteiger partial charge in [0.1, 0.15) is 0 Å². The molecule has 1 aromatic rings. The molecule has 0 aliphatic carbocycles. The van der Waals surface area contributed by atoms with E-state index >= 15 is 0 Å². The molecule has 116 valence electrons. The van der Waals surface area contributed by atoms with Crippen LogP contribution in [0.1, 0.15) is 21.5 Å². The van der Waals surface area contributed by atoms with Gasteiger partial charge in [-0.25, -0.2) is 0 Å². The molecule has 0 bridgehead atoms. The Bertz CT molecular complexity index is 484. The van der Waals surface area contributed by atoms with E-state index in [1.165, 1.54) is 0 Å². The maximum absolute atomic E-state index is 12.6. The molecule has 0 aliphatic rings. The highest BCUT2D eigenvalue weighted by molar-refractivity contribution is 5.94. The number of carbonyl (C=O) groups excluding carboxylic acids is 1. The van der Waals surface area contributed by atoms with Gasteiger partial charge in [0.15, 0.2) is 0 Å². The highest BCUT2D eigenvalue weighted by Crippen LogP contribution is 2.36. The van der Waals surface area contributed by atoms with Gasteiger partial charge in [0.05, 0.1) is 11.1 Å². The Morgan fingerprint density at radius 2 is 1.29 bits per heavy atom. The van der Waals surface area contributed by atoms with Gasteiger partial charge in [-0.05, 0) is 32.0 Å². The number of carbonyl (C=O) groups is 1. The second-order valence-electron chi connectivity index (χ2n) is 4.09. The lowest BCUT2D eigenvalue weighted by Gasteiger charge is -2.20. The van der Waals surface area contributed by atoms with Gasteiger partial charge in [-0.15, -0.1) is 0 Å². The summed E-state index contributed by atoms with van der Waals surface area (Å²) < 4.78 is 75.9. The molecular formula is C13H11F6NO. The molecule has 0 atom stereocenters. The van der Waals surface area contributed by atoms with Crippen LogP contribution in [0.25, 0.3) is 0 Å². The maximum Gasteiger partial charge on any atom is 0.416 e. The van der Waals surface area contributed by atoms with E-state index in [0.29, 0.717) is 12.1 Å². The van der Waals surface area contributed by atoms with Gasteiger partial charge in [-0.1, -0.05) is 0 Å². The number of rotatable bonds is 3. The van der Waals surface area contributed by atoms with Crippen LogP contribution < -0.4 is 0 Å². The van der Waals surface area contributed by atoms with Crippen LogP contribution in [0.4, 0.5) is 26.3 Å². The largest absolute Gasteiger partial charge is 0.416 e. The Morgan fingerprint density at radius 3 is 1.57 bits per heavy atom. The minimum Gasteiger partial charge on any atom is -0.339 e. The highest BCUT2D eigenvalue weighted by Gasteiger charge is 2.37. The smallest absolute Gasteiger partial charge is 0.339 e. The normalized spacial score (nSPS) is 12.4. The first-order valence-electron chi connectivity index (χ1n) is 5.68. The first-order valence-corrected chi connectivity index (χ1v) is 5.68. The first-order chi connectivity index (χ1) is 9.50. The van der Waals surface area contributed by atoms with Crippen LogP contribution in [0.3, 0.4) is 0 Å². The molecular weight excluding hydrogens is 300 g/mol. The van der Waals surface area contributed by atoms with Crippen LogP contribution in [-0.2, 0) is 12.4 Å². The topological polar surface area (TPSA) is 20.3 Å². The number of benzene rings is 1. The Hall–Kier alpha value is -1.73. The lowest BCUT2D eigenvalue weighted by molar-refractivity contribution is -0.143. The van der Waals surface area contributed by atoms with Crippen molar-refractivity contribution in [2.75, 3.05) is 13.1 Å². The van der Waals surface area contributed by atoms with Crippen molar-refractivity contribution >= 4 is 5.91 Å². The Kier molecular flexibility index (Phi) is 4.91. The standard InChI is InChI=1S/C13H11F6NO/c1-3-20(4-2)11(21)8-5-9(12(14,15)16)7-10(6-8)13(17,18)19/h5-7H,1-4H2. The fourth-order valence-electron chi connectivity index (χ4n) is 1.58. The average Bonchev–Trinajstić information content (AvgIpc) is 2.37. The fraction of sp³-hybridized carbons (Fsp3) is 0.308. The van der Waals surface area contributed by atoms with Crippen LogP contribution in [-0.4, -0.2) is 23.9 Å². The van der Waals surface area contributed by atoms with Crippen LogP contribution in [0.15, 0.2) is 18.2 Å². The molecule has 1 rings (SSSR count). The molecule has 0 aromatic heterocycles. The summed E-state index contributed by atoms with van der Waals surface area (Å²) in [6.45, 7) is 6.48. The second-order valence-corrected chi connectivity index (χ2v) is 4.09. The zero-order chi connectivity index (χ0) is 16.4. The van der Waals surface area contributed by atoms with E-state index < -0.39 is 35.0 Å². The molecule has 2 radical (unpaired) electrons. The number of hydrogen-bond acceptors (Lipinski definition) is 1. The summed E-state index contributed by atoms with van der Waals surface area (Å²) in [5, 5.41) is 0. The summed E-state index contributed by atoms with van der Waals surface area (Å²) in [5.41, 5.74) is -3.77. The van der Waals surface area contributed by atoms with E-state index in [0.717, 1.165) is 4.90 Å². The Labute approximate surface area is 117 Å². The zero-order valence-corrected chi connectivity index (χ0v) is 10.7. The number of halogens is 6. The van der Waals surface area contributed by atoms with Gasteiger partial charge < -0.3 is 4.90 Å². The summed E-state index contributed by atoms with van der Waals surface area (Å²) in [4.78, 5) is 12.8. The Balaban J connectivity index is 3.42. The van der Waals surface area contributed by atoms with Gasteiger partial charge in [0.2, 0.25) is 0 Å². The van der Waals surface area contributed by atoms with E-state index in [1.807, 2.05) is 0 Å². The highest BCUT2D eigenvalue weighted by atomic mass is 19.4. The van der Waals surface area contributed by atoms with Crippen LogP contribution in [0.5, 0.6) is 0 Å². The number of hydrogen-bond donors (Lipinski definition) is 0. The summed E-state index contributed by atoms with van der Waals surface area (Å²) in [6.07, 6.45) is -9.98. The SMILES string of the molecule is [CH2]CN(C[CH2])C(=O)c1cc(C(F)(F)F)cc(C(F)(F)F)c1. The third-order valence-corrected chi connectivity index (χ3v) is 2.66. The molecule has 0 fully saturated rings. The summed E-state index contributed by atoms with van der Waals surface area (Å²) >= 11 is 0. The van der Waals surface area contributed by atoms with Crippen molar-refractivity contribution in [2.45, 2.75) is 12.4 Å². The molecule has 8 heteroatoms. The molecule has 0 saturated carbocycles. The van der Waals surface area contributed by atoms with Crippen molar-refractivity contribution in [2.24, 2.45) is 0 Å². The van der Waals surface area contributed by atoms with E-state index in [1.54, 1.807) is 0 Å². The van der Waals surface area contributed by atoms with Crippen molar-refractivity contribution in [1.82, 2.24) is 4.90 Å². The number of nitrogens with zero attached hydrogens (tertiary/aromatic N) is 1. The van der Waals surface area contributed by atoms with Gasteiger partial charge >= 0.3 is 12.4 Å². The summed E-state index contributed by atoms with van der Waals surface area (Å²) in [5.74, 6) is -0.989. The summed E-state index contributed by atoms with van der Waals surface area (Å²) in [7, 11) is 0. The molecule has 0 spiro atoms. The third kappa shape index (κ3) is 4.12. The van der Waals surface area contributed by atoms with Crippen LogP contribution in [0, 0.1) is 13.8 Å². The minimum absolute atomic E-state index is 0.0322. The molecule has 2 nitrogen and oxygen atoms in total. The second kappa shape index (κ2) is 5.95. The predicted molar refractivity (Wildman–Crippen MR) is 63.1 cm³/mol. The molecule has 1 amide bonds. The monoisotopic (exact) mass is 311 g/mol. The fourth-order valence-corrected chi connectivity index (χ4v) is 1.58. The van der Waals surface area contributed by atoms with Gasteiger partial charge in [0.25, 0.3) is 5.91 Å². The first kappa shape index (κ1) is 17.3. The van der Waals surface area contributed by atoms with Crippen molar-refractivity contribution in [3.05, 3.63) is 48.7 Å². The molecule has 1 aromatic carbocycles. The molecule has 0 unspecified atom stereocenters. The zero-order valence-electron chi connectivity index (χ0n) is 10.7. The maximum atomic E-state index is 12.6. The van der Waals surface area contributed by atoms with E-state index in [-0.39, 0.29) is 19.2 Å². The van der Waals surface area contributed by atoms with Gasteiger partial charge in [-0.2, -0.15) is 26.3 Å². The van der Waals surface area contributed by atoms with Crippen molar-refractivity contribution < 1.29 is 31.1 Å². The predicted octanol–water partition coefficient (Wildman–Crippen LogP) is 3.83. The summed E-state index contributed by atoms with van der Waals surface area (Å²) in [6, 6.07) is 0.737. The molecule has 0 aliphatic heterocycles. The van der Waals surface area contributed by atoms with Crippen LogP contribution in [0.2, 0.25) is 0 Å². The lowest BCUT2D eigenvalue weighted by atomic mass is 10.0. The van der Waals surface area contributed by atoms with E-state index in [2.05, 4.69) is 13.8 Å².